The van der Waals surface area contributed by atoms with Gasteiger partial charge in [-0.05, 0) is 48.2 Å². The quantitative estimate of drug-likeness (QED) is 0.430. The van der Waals surface area contributed by atoms with Gasteiger partial charge in [-0.25, -0.2) is 0 Å². The van der Waals surface area contributed by atoms with Crippen molar-refractivity contribution >= 4 is 58.4 Å². The second-order valence-corrected chi connectivity index (χ2v) is 9.94. The summed E-state index contributed by atoms with van der Waals surface area (Å²) in [6.07, 6.45) is 0. The van der Waals surface area contributed by atoms with Crippen molar-refractivity contribution in [3.8, 4) is 0 Å². The van der Waals surface area contributed by atoms with Crippen LogP contribution in [0.25, 0.3) is 0 Å². The summed E-state index contributed by atoms with van der Waals surface area (Å²) in [6, 6.07) is 12.2. The smallest absolute Gasteiger partial charge is 0.242 e. The molecule has 0 radical (unpaired) electrons. The van der Waals surface area contributed by atoms with Crippen LogP contribution in [0.2, 0.25) is 15.1 Å². The van der Waals surface area contributed by atoms with Crippen molar-refractivity contribution in [2.24, 2.45) is 5.92 Å². The number of carbonyl (C=O) groups excluding carboxylic acids is 2. The summed E-state index contributed by atoms with van der Waals surface area (Å²) in [7, 11) is 0. The number of nitrogens with one attached hydrogen (secondary N) is 1. The largest absolute Gasteiger partial charge is 0.354 e. The maximum absolute atomic E-state index is 13.1. The second kappa shape index (κ2) is 12.6. The second-order valence-electron chi connectivity index (χ2n) is 7.70. The number of hydrogen-bond acceptors (Lipinski definition) is 3. The molecule has 2 aromatic carbocycles. The molecule has 0 saturated carbocycles. The number of rotatable bonds is 10. The van der Waals surface area contributed by atoms with Crippen molar-refractivity contribution in [3.63, 3.8) is 0 Å². The molecule has 8 heteroatoms. The molecule has 0 aliphatic heterocycles. The van der Waals surface area contributed by atoms with Crippen LogP contribution in [0.4, 0.5) is 0 Å². The lowest BCUT2D eigenvalue weighted by Gasteiger charge is -2.29. The number of hydrogen-bond donors (Lipinski definition) is 1. The molecule has 0 saturated heterocycles. The fraction of sp³-hybridized carbons (Fsp3) is 0.391. The van der Waals surface area contributed by atoms with Crippen LogP contribution < -0.4 is 5.32 Å². The predicted octanol–water partition coefficient (Wildman–Crippen LogP) is 6.07. The molecule has 0 fully saturated rings. The van der Waals surface area contributed by atoms with Gasteiger partial charge >= 0.3 is 0 Å². The highest BCUT2D eigenvalue weighted by Crippen LogP contribution is 2.24. The highest BCUT2D eigenvalue weighted by atomic mass is 35.5. The predicted molar refractivity (Wildman–Crippen MR) is 132 cm³/mol. The highest BCUT2D eigenvalue weighted by Gasteiger charge is 2.26. The van der Waals surface area contributed by atoms with E-state index in [-0.39, 0.29) is 24.1 Å². The molecule has 1 atom stereocenters. The molecule has 31 heavy (non-hydrogen) atoms. The SMILES string of the molecule is CC(C)CNC(=O)C(C)N(Cc1ccc(Cl)c(Cl)c1)C(=O)CSCc1ccc(Cl)cc1. The molecule has 0 spiro atoms. The summed E-state index contributed by atoms with van der Waals surface area (Å²) in [4.78, 5) is 27.3. The molecule has 1 N–H and O–H groups in total. The zero-order valence-electron chi connectivity index (χ0n) is 17.8. The fourth-order valence-corrected chi connectivity index (χ4v) is 4.11. The zero-order chi connectivity index (χ0) is 23.0. The van der Waals surface area contributed by atoms with Crippen LogP contribution in [-0.4, -0.2) is 35.1 Å². The molecule has 2 amide bonds. The molecular weight excluding hydrogens is 475 g/mol. The first-order valence-corrected chi connectivity index (χ1v) is 12.3. The Labute approximate surface area is 203 Å². The van der Waals surface area contributed by atoms with Gasteiger partial charge in [0.05, 0.1) is 15.8 Å². The lowest BCUT2D eigenvalue weighted by atomic mass is 10.1. The van der Waals surface area contributed by atoms with Crippen LogP contribution >= 0.6 is 46.6 Å². The van der Waals surface area contributed by atoms with Gasteiger partial charge in [0.1, 0.15) is 6.04 Å². The number of carbonyl (C=O) groups is 2. The maximum atomic E-state index is 13.1. The van der Waals surface area contributed by atoms with Gasteiger partial charge in [-0.15, -0.1) is 11.8 Å². The Morgan fingerprint density at radius 3 is 2.23 bits per heavy atom. The van der Waals surface area contributed by atoms with E-state index in [1.807, 2.05) is 44.2 Å². The number of thioether (sulfide) groups is 1. The van der Waals surface area contributed by atoms with Crippen molar-refractivity contribution in [1.29, 1.82) is 0 Å². The molecular formula is C23H27Cl3N2O2S. The van der Waals surface area contributed by atoms with Crippen LogP contribution in [0.15, 0.2) is 42.5 Å². The average Bonchev–Trinajstić information content (AvgIpc) is 2.73. The monoisotopic (exact) mass is 500 g/mol. The topological polar surface area (TPSA) is 49.4 Å². The van der Waals surface area contributed by atoms with Gasteiger partial charge in [-0.3, -0.25) is 9.59 Å². The highest BCUT2D eigenvalue weighted by molar-refractivity contribution is 7.99. The van der Waals surface area contributed by atoms with E-state index < -0.39 is 6.04 Å². The number of amides is 2. The number of nitrogens with zero attached hydrogens (tertiary/aromatic N) is 1. The Morgan fingerprint density at radius 1 is 0.968 bits per heavy atom. The van der Waals surface area contributed by atoms with Crippen LogP contribution in [0.3, 0.4) is 0 Å². The first-order chi connectivity index (χ1) is 14.7. The summed E-state index contributed by atoms with van der Waals surface area (Å²) in [5.74, 6) is 0.968. The van der Waals surface area contributed by atoms with Crippen LogP contribution in [0.5, 0.6) is 0 Å². The van der Waals surface area contributed by atoms with Gasteiger partial charge in [-0.1, -0.05) is 66.8 Å². The number of halogens is 3. The summed E-state index contributed by atoms with van der Waals surface area (Å²) in [5, 5.41) is 4.46. The van der Waals surface area contributed by atoms with Gasteiger partial charge in [0, 0.05) is 23.9 Å². The van der Waals surface area contributed by atoms with Crippen LogP contribution in [0, 0.1) is 5.92 Å². The molecule has 168 valence electrons. The molecule has 2 aromatic rings. The molecule has 1 unspecified atom stereocenters. The van der Waals surface area contributed by atoms with Gasteiger partial charge in [-0.2, -0.15) is 0 Å². The summed E-state index contributed by atoms with van der Waals surface area (Å²) >= 11 is 19.6. The Kier molecular flexibility index (Phi) is 10.5. The Morgan fingerprint density at radius 2 is 1.61 bits per heavy atom. The first kappa shape index (κ1) is 25.9. The summed E-state index contributed by atoms with van der Waals surface area (Å²) in [5.41, 5.74) is 1.90. The maximum Gasteiger partial charge on any atom is 0.242 e. The van der Waals surface area contributed by atoms with Crippen molar-refractivity contribution in [3.05, 3.63) is 68.7 Å². The van der Waals surface area contributed by atoms with E-state index in [9.17, 15) is 9.59 Å². The van der Waals surface area contributed by atoms with E-state index >= 15 is 0 Å². The van der Waals surface area contributed by atoms with Crippen LogP contribution in [0.1, 0.15) is 31.9 Å². The minimum atomic E-state index is -0.614. The standard InChI is InChI=1S/C23H27Cl3N2O2S/c1-15(2)11-27-23(30)16(3)28(12-18-6-9-20(25)21(26)10-18)22(29)14-31-13-17-4-7-19(24)8-5-17/h4-10,15-16H,11-14H2,1-3H3,(H,27,30). The van der Waals surface area contributed by atoms with Gasteiger partial charge < -0.3 is 10.2 Å². The molecule has 2 rings (SSSR count). The van der Waals surface area contributed by atoms with Crippen LogP contribution in [-0.2, 0) is 21.9 Å². The van der Waals surface area contributed by atoms with Crippen molar-refractivity contribution in [2.75, 3.05) is 12.3 Å². The zero-order valence-corrected chi connectivity index (χ0v) is 20.9. The van der Waals surface area contributed by atoms with Gasteiger partial charge in [0.25, 0.3) is 0 Å². The van der Waals surface area contributed by atoms with Crippen molar-refractivity contribution in [2.45, 2.75) is 39.1 Å². The molecule has 0 aliphatic carbocycles. The van der Waals surface area contributed by atoms with Crippen molar-refractivity contribution in [1.82, 2.24) is 10.2 Å². The van der Waals surface area contributed by atoms with E-state index in [0.29, 0.717) is 33.3 Å². The third kappa shape index (κ3) is 8.57. The van der Waals surface area contributed by atoms with Gasteiger partial charge in [0.15, 0.2) is 0 Å². The Hall–Kier alpha value is -1.40. The summed E-state index contributed by atoms with van der Waals surface area (Å²) in [6.45, 7) is 6.62. The minimum Gasteiger partial charge on any atom is -0.354 e. The molecule has 0 aliphatic rings. The Balaban J connectivity index is 2.08. The molecule has 0 aromatic heterocycles. The van der Waals surface area contributed by atoms with Crippen molar-refractivity contribution < 1.29 is 9.59 Å². The third-order valence-corrected chi connectivity index (χ3v) is 6.58. The third-order valence-electron chi connectivity index (χ3n) is 4.60. The summed E-state index contributed by atoms with van der Waals surface area (Å²) < 4.78 is 0. The number of benzene rings is 2. The average molecular weight is 502 g/mol. The Bertz CT molecular complexity index is 891. The lowest BCUT2D eigenvalue weighted by molar-refractivity contribution is -0.138. The van der Waals surface area contributed by atoms with E-state index in [1.54, 1.807) is 24.0 Å². The van der Waals surface area contributed by atoms with E-state index in [0.717, 1.165) is 11.1 Å². The van der Waals surface area contributed by atoms with E-state index in [4.69, 9.17) is 34.8 Å². The minimum absolute atomic E-state index is 0.114. The first-order valence-electron chi connectivity index (χ1n) is 10.0. The van der Waals surface area contributed by atoms with Gasteiger partial charge in [0.2, 0.25) is 11.8 Å². The normalized spacial score (nSPS) is 12.0. The molecule has 4 nitrogen and oxygen atoms in total. The molecule has 0 heterocycles. The fourth-order valence-electron chi connectivity index (χ4n) is 2.79. The lowest BCUT2D eigenvalue weighted by Crippen LogP contribution is -2.48. The van der Waals surface area contributed by atoms with E-state index in [1.165, 1.54) is 11.8 Å². The molecule has 0 bridgehead atoms. The van der Waals surface area contributed by atoms with E-state index in [2.05, 4.69) is 5.32 Å².